The highest BCUT2D eigenvalue weighted by Crippen LogP contribution is 2.69. The van der Waals surface area contributed by atoms with E-state index >= 15 is 4.57 Å². The quantitative estimate of drug-likeness (QED) is 0.151. The molecule has 0 spiro atoms. The van der Waals surface area contributed by atoms with Gasteiger partial charge in [0.1, 0.15) is 11.6 Å². The van der Waals surface area contributed by atoms with E-state index in [-0.39, 0.29) is 6.10 Å². The highest BCUT2D eigenvalue weighted by Gasteiger charge is 2.47. The summed E-state index contributed by atoms with van der Waals surface area (Å²) in [4.78, 5) is 0. The Morgan fingerprint density at radius 1 is 0.674 bits per heavy atom. The first-order valence-electron chi connectivity index (χ1n) is 15.9. The van der Waals surface area contributed by atoms with Crippen molar-refractivity contribution in [2.45, 2.75) is 70.8 Å². The predicted octanol–water partition coefficient (Wildman–Crippen LogP) is 9.72. The topological polar surface area (TPSA) is 50.4 Å². The van der Waals surface area contributed by atoms with Crippen molar-refractivity contribution in [3.63, 3.8) is 0 Å². The normalized spacial score (nSPS) is 21.6. The Labute approximate surface area is 258 Å². The van der Waals surface area contributed by atoms with E-state index in [4.69, 9.17) is 4.52 Å². The molecule has 0 aromatic heterocycles. The van der Waals surface area contributed by atoms with Crippen LogP contribution in [0.25, 0.3) is 0 Å². The third kappa shape index (κ3) is 8.13. The number of benzene rings is 4. The number of hydrogen-bond donors (Lipinski definition) is 2. The van der Waals surface area contributed by atoms with Crippen molar-refractivity contribution in [2.24, 2.45) is 17.8 Å². The van der Waals surface area contributed by atoms with Crippen LogP contribution in [-0.2, 0) is 22.2 Å². The van der Waals surface area contributed by atoms with Crippen molar-refractivity contribution in [1.29, 1.82) is 0 Å². The van der Waals surface area contributed by atoms with E-state index in [1.807, 2.05) is 48.5 Å². The van der Waals surface area contributed by atoms with Crippen LogP contribution in [0.3, 0.4) is 0 Å². The van der Waals surface area contributed by atoms with E-state index in [0.29, 0.717) is 30.8 Å². The van der Waals surface area contributed by atoms with Crippen LogP contribution in [0.4, 0.5) is 0 Å². The average Bonchev–Trinajstić information content (AvgIpc) is 3.03. The summed E-state index contributed by atoms with van der Waals surface area (Å²) in [6.45, 7) is 8.05. The van der Waals surface area contributed by atoms with Gasteiger partial charge in [0.2, 0.25) is 7.37 Å². The molecule has 6 atom stereocenters. The van der Waals surface area contributed by atoms with Gasteiger partial charge in [0, 0.05) is 13.1 Å². The van der Waals surface area contributed by atoms with Gasteiger partial charge in [-0.2, -0.15) is 0 Å². The van der Waals surface area contributed by atoms with Gasteiger partial charge in [-0.25, -0.2) is 0 Å². The first-order valence-corrected chi connectivity index (χ1v) is 17.6. The van der Waals surface area contributed by atoms with Gasteiger partial charge in [-0.1, -0.05) is 149 Å². The van der Waals surface area contributed by atoms with Crippen LogP contribution in [-0.4, -0.2) is 6.10 Å². The maximum absolute atomic E-state index is 16.3. The van der Waals surface area contributed by atoms with Crippen LogP contribution < -0.4 is 10.6 Å². The highest BCUT2D eigenvalue weighted by molar-refractivity contribution is 7.59. The number of nitrogens with one attached hydrogen (secondary N) is 2. The van der Waals surface area contributed by atoms with Gasteiger partial charge in [0.05, 0.1) is 6.10 Å². The molecule has 4 aromatic rings. The summed E-state index contributed by atoms with van der Waals surface area (Å²) >= 11 is 0. The summed E-state index contributed by atoms with van der Waals surface area (Å²) < 4.78 is 23.5. The average molecular weight is 595 g/mol. The minimum Gasteiger partial charge on any atom is -0.322 e. The highest BCUT2D eigenvalue weighted by atomic mass is 31.2. The third-order valence-electron chi connectivity index (χ3n) is 8.90. The lowest BCUT2D eigenvalue weighted by Crippen LogP contribution is -2.37. The van der Waals surface area contributed by atoms with Gasteiger partial charge in [0.15, 0.2) is 0 Å². The molecule has 5 heteroatoms. The van der Waals surface area contributed by atoms with Crippen LogP contribution in [0.15, 0.2) is 121 Å². The summed E-state index contributed by atoms with van der Waals surface area (Å²) in [5.74, 6) is 0.333. The molecule has 2 N–H and O–H groups in total. The van der Waals surface area contributed by atoms with Crippen molar-refractivity contribution in [3.05, 3.63) is 144 Å². The van der Waals surface area contributed by atoms with E-state index in [0.717, 1.165) is 35.1 Å². The van der Waals surface area contributed by atoms with Crippen LogP contribution in [0.1, 0.15) is 73.9 Å². The smallest absolute Gasteiger partial charge is 0.245 e. The fraction of sp³-hybridized carbons (Fsp3) is 0.368. The molecule has 1 aliphatic carbocycles. The maximum Gasteiger partial charge on any atom is 0.245 e. The monoisotopic (exact) mass is 594 g/mol. The molecule has 4 nitrogen and oxygen atoms in total. The molecule has 43 heavy (non-hydrogen) atoms. The molecule has 0 aliphatic heterocycles. The molecule has 1 fully saturated rings. The molecule has 0 radical (unpaired) electrons. The van der Waals surface area contributed by atoms with Gasteiger partial charge in [-0.05, 0) is 52.8 Å². The Kier molecular flexibility index (Phi) is 11.1. The minimum absolute atomic E-state index is 0.0796. The van der Waals surface area contributed by atoms with E-state index in [2.05, 4.69) is 104 Å². The predicted molar refractivity (Wildman–Crippen MR) is 179 cm³/mol. The zero-order valence-electron chi connectivity index (χ0n) is 25.8. The van der Waals surface area contributed by atoms with Crippen molar-refractivity contribution in [2.75, 3.05) is 0 Å². The van der Waals surface area contributed by atoms with E-state index < -0.39 is 18.9 Å². The second-order valence-electron chi connectivity index (χ2n) is 12.5. The third-order valence-corrected chi connectivity index (χ3v) is 11.9. The second-order valence-corrected chi connectivity index (χ2v) is 15.0. The van der Waals surface area contributed by atoms with Gasteiger partial charge in [-0.3, -0.25) is 15.2 Å². The maximum atomic E-state index is 16.3. The van der Waals surface area contributed by atoms with Crippen LogP contribution in [0.5, 0.6) is 0 Å². The Morgan fingerprint density at radius 2 is 1.09 bits per heavy atom. The Bertz CT molecular complexity index is 1320. The zero-order chi connectivity index (χ0) is 30.1. The molecular formula is C38H47N2O2P. The molecule has 226 valence electrons. The first kappa shape index (κ1) is 31.4. The van der Waals surface area contributed by atoms with Gasteiger partial charge in [-0.15, -0.1) is 0 Å². The summed E-state index contributed by atoms with van der Waals surface area (Å²) in [5, 5.41) is 7.52. The first-order chi connectivity index (χ1) is 20.9. The molecule has 1 aliphatic rings. The van der Waals surface area contributed by atoms with E-state index in [9.17, 15) is 0 Å². The van der Waals surface area contributed by atoms with Gasteiger partial charge >= 0.3 is 0 Å². The Morgan fingerprint density at radius 3 is 1.51 bits per heavy atom. The lowest BCUT2D eigenvalue weighted by Gasteiger charge is -2.43. The zero-order valence-corrected chi connectivity index (χ0v) is 26.7. The summed E-state index contributed by atoms with van der Waals surface area (Å²) in [5.41, 5.74) is 4.26. The van der Waals surface area contributed by atoms with Crippen molar-refractivity contribution in [1.82, 2.24) is 10.6 Å². The van der Waals surface area contributed by atoms with Crippen molar-refractivity contribution >= 4 is 7.37 Å². The molecule has 0 amide bonds. The van der Waals surface area contributed by atoms with E-state index in [1.165, 1.54) is 6.42 Å². The minimum atomic E-state index is -3.55. The van der Waals surface area contributed by atoms with Gasteiger partial charge < -0.3 is 4.52 Å². The SMILES string of the molecule is CC(C)[C@H]1CC[C@@H](C)C[C@H]1OP(=O)([C@H](NCc1ccccc1)c1ccccc1)[C@@H](NCc1ccccc1)c1ccccc1. The van der Waals surface area contributed by atoms with Crippen LogP contribution in [0, 0.1) is 17.8 Å². The molecule has 4 aromatic carbocycles. The molecule has 5 rings (SSSR count). The number of rotatable bonds is 13. The van der Waals surface area contributed by atoms with Crippen LogP contribution >= 0.6 is 7.37 Å². The molecule has 0 heterocycles. The lowest BCUT2D eigenvalue weighted by atomic mass is 9.75. The molecule has 0 bridgehead atoms. The van der Waals surface area contributed by atoms with Crippen LogP contribution in [0.2, 0.25) is 0 Å². The standard InChI is InChI=1S/C38H47N2O2P/c1-29(2)35-25-24-30(3)26-36(35)42-43(41,37(33-20-12-6-13-21-33)39-27-31-16-8-4-9-17-31)38(34-22-14-7-15-23-34)40-28-32-18-10-5-11-19-32/h4-23,29-30,35-40H,24-28H2,1-3H3/t30-,35-,36-,37-,38+,43?/m1/s1. The fourth-order valence-corrected chi connectivity index (χ4v) is 9.59. The molecular weight excluding hydrogens is 547 g/mol. The Balaban J connectivity index is 1.62. The van der Waals surface area contributed by atoms with Crippen molar-refractivity contribution in [3.8, 4) is 0 Å². The Hall–Kier alpha value is -3.01. The summed E-state index contributed by atoms with van der Waals surface area (Å²) in [7, 11) is -3.55. The lowest BCUT2D eigenvalue weighted by molar-refractivity contribution is 0.0442. The molecule has 0 saturated heterocycles. The number of hydrogen-bond acceptors (Lipinski definition) is 4. The van der Waals surface area contributed by atoms with Gasteiger partial charge in [0.25, 0.3) is 0 Å². The molecule has 1 saturated carbocycles. The fourth-order valence-electron chi connectivity index (χ4n) is 6.52. The summed E-state index contributed by atoms with van der Waals surface area (Å²) in [6, 6.07) is 41.2. The van der Waals surface area contributed by atoms with E-state index in [1.54, 1.807) is 0 Å². The summed E-state index contributed by atoms with van der Waals surface area (Å²) in [6.07, 6.45) is 3.14. The second kappa shape index (κ2) is 15.1. The largest absolute Gasteiger partial charge is 0.322 e. The molecule has 1 unspecified atom stereocenters. The van der Waals surface area contributed by atoms with Crippen molar-refractivity contribution < 1.29 is 9.09 Å².